The molecule has 0 aromatic heterocycles. The Morgan fingerprint density at radius 1 is 1.42 bits per heavy atom. The Bertz CT molecular complexity index is 359. The molecule has 108 valence electrons. The molecule has 0 amide bonds. The fourth-order valence-electron chi connectivity index (χ4n) is 3.46. The zero-order chi connectivity index (χ0) is 13.5. The van der Waals surface area contributed by atoms with E-state index in [1.165, 1.54) is 6.42 Å². The molecule has 2 saturated carbocycles. The summed E-state index contributed by atoms with van der Waals surface area (Å²) in [7, 11) is 0. The van der Waals surface area contributed by atoms with Gasteiger partial charge in [0.25, 0.3) is 0 Å². The maximum Gasteiger partial charge on any atom is 0.324 e. The summed E-state index contributed by atoms with van der Waals surface area (Å²) in [5.74, 6) is -0.736. The maximum absolute atomic E-state index is 11.6. The van der Waals surface area contributed by atoms with Gasteiger partial charge in [0, 0.05) is 25.2 Å². The summed E-state index contributed by atoms with van der Waals surface area (Å²) >= 11 is 0. The average Bonchev–Trinajstić information content (AvgIpc) is 3.03. The Balaban J connectivity index is 1.68. The normalized spacial score (nSPS) is 34.8. The number of carboxylic acids is 1. The molecule has 2 N–H and O–H groups in total. The molecule has 0 aromatic rings. The Morgan fingerprint density at radius 2 is 2.21 bits per heavy atom. The molecule has 3 fully saturated rings. The van der Waals surface area contributed by atoms with E-state index in [1.54, 1.807) is 0 Å². The Hall–Kier alpha value is -0.650. The fourth-order valence-corrected chi connectivity index (χ4v) is 3.46. The van der Waals surface area contributed by atoms with Crippen LogP contribution in [0.25, 0.3) is 0 Å². The van der Waals surface area contributed by atoms with Crippen LogP contribution in [0, 0.1) is 0 Å². The predicted molar refractivity (Wildman–Crippen MR) is 71.2 cm³/mol. The standard InChI is InChI=1S/C14H24N2O3/c1-14(13(17)18,15-10-5-6-10)9-16-7-8-19-12-4-2-3-11(12)16/h10-12,15H,2-9H2,1H3,(H,17,18). The topological polar surface area (TPSA) is 61.8 Å². The van der Waals surface area contributed by atoms with E-state index >= 15 is 0 Å². The lowest BCUT2D eigenvalue weighted by Crippen LogP contribution is -2.61. The largest absolute Gasteiger partial charge is 0.480 e. The van der Waals surface area contributed by atoms with Crippen molar-refractivity contribution in [2.75, 3.05) is 19.7 Å². The number of nitrogens with zero attached hydrogens (tertiary/aromatic N) is 1. The van der Waals surface area contributed by atoms with E-state index in [2.05, 4.69) is 10.2 Å². The van der Waals surface area contributed by atoms with Crippen molar-refractivity contribution in [2.45, 2.75) is 62.8 Å². The number of hydrogen-bond acceptors (Lipinski definition) is 4. The summed E-state index contributed by atoms with van der Waals surface area (Å²) in [6.45, 7) is 4.01. The zero-order valence-corrected chi connectivity index (χ0v) is 11.6. The number of fused-ring (bicyclic) bond motifs is 1. The Morgan fingerprint density at radius 3 is 2.89 bits per heavy atom. The van der Waals surface area contributed by atoms with E-state index < -0.39 is 11.5 Å². The molecule has 3 rings (SSSR count). The van der Waals surface area contributed by atoms with Crippen molar-refractivity contribution in [3.05, 3.63) is 0 Å². The van der Waals surface area contributed by atoms with Crippen LogP contribution in [0.2, 0.25) is 0 Å². The van der Waals surface area contributed by atoms with Crippen molar-refractivity contribution in [3.8, 4) is 0 Å². The van der Waals surface area contributed by atoms with E-state index in [-0.39, 0.29) is 0 Å². The van der Waals surface area contributed by atoms with Crippen LogP contribution < -0.4 is 5.32 Å². The third kappa shape index (κ3) is 2.78. The minimum atomic E-state index is -0.828. The highest BCUT2D eigenvalue weighted by molar-refractivity contribution is 5.78. The predicted octanol–water partition coefficient (Wildman–Crippen LogP) is 0.835. The maximum atomic E-state index is 11.6. The number of hydrogen-bond donors (Lipinski definition) is 2. The molecule has 2 aliphatic carbocycles. The van der Waals surface area contributed by atoms with Gasteiger partial charge in [0.15, 0.2) is 0 Å². The van der Waals surface area contributed by atoms with Crippen LogP contribution in [0.3, 0.4) is 0 Å². The van der Waals surface area contributed by atoms with E-state index in [1.807, 2.05) is 6.92 Å². The van der Waals surface area contributed by atoms with Gasteiger partial charge in [-0.05, 0) is 39.0 Å². The molecule has 3 unspecified atom stereocenters. The molecule has 0 bridgehead atoms. The number of ether oxygens (including phenoxy) is 1. The Kier molecular flexibility index (Phi) is 3.53. The van der Waals surface area contributed by atoms with Crippen LogP contribution >= 0.6 is 0 Å². The van der Waals surface area contributed by atoms with Crippen molar-refractivity contribution in [3.63, 3.8) is 0 Å². The molecular formula is C14H24N2O3. The van der Waals surface area contributed by atoms with Gasteiger partial charge in [-0.15, -0.1) is 0 Å². The summed E-state index contributed by atoms with van der Waals surface area (Å²) in [6, 6.07) is 0.829. The van der Waals surface area contributed by atoms with Gasteiger partial charge in [0.1, 0.15) is 5.54 Å². The van der Waals surface area contributed by atoms with E-state index in [0.29, 0.717) is 24.7 Å². The molecule has 5 heteroatoms. The average molecular weight is 268 g/mol. The molecule has 0 aromatic carbocycles. The van der Waals surface area contributed by atoms with Crippen molar-refractivity contribution >= 4 is 5.97 Å². The first-order chi connectivity index (χ1) is 9.08. The molecule has 1 heterocycles. The van der Waals surface area contributed by atoms with E-state index in [4.69, 9.17) is 4.74 Å². The van der Waals surface area contributed by atoms with Gasteiger partial charge in [0.05, 0.1) is 12.7 Å². The molecule has 19 heavy (non-hydrogen) atoms. The highest BCUT2D eigenvalue weighted by Crippen LogP contribution is 2.31. The number of carboxylic acid groups (broad SMARTS) is 1. The fraction of sp³-hybridized carbons (Fsp3) is 0.929. The first-order valence-electron chi connectivity index (χ1n) is 7.45. The number of morpholine rings is 1. The zero-order valence-electron chi connectivity index (χ0n) is 11.6. The number of carbonyl (C=O) groups is 1. The first-order valence-corrected chi connectivity index (χ1v) is 7.45. The minimum absolute atomic E-state index is 0.327. The molecule has 0 spiro atoms. The van der Waals surface area contributed by atoms with Crippen LogP contribution in [0.4, 0.5) is 0 Å². The highest BCUT2D eigenvalue weighted by Gasteiger charge is 2.44. The second-order valence-corrected chi connectivity index (χ2v) is 6.43. The van der Waals surface area contributed by atoms with Crippen LogP contribution in [-0.2, 0) is 9.53 Å². The SMILES string of the molecule is CC(CN1CCOC2CCCC21)(NC1CC1)C(=O)O. The lowest BCUT2D eigenvalue weighted by Gasteiger charge is -2.41. The summed E-state index contributed by atoms with van der Waals surface area (Å²) in [6.07, 6.45) is 6.01. The minimum Gasteiger partial charge on any atom is -0.480 e. The number of aliphatic carboxylic acids is 1. The number of rotatable bonds is 5. The van der Waals surface area contributed by atoms with Crippen molar-refractivity contribution < 1.29 is 14.6 Å². The molecule has 3 aliphatic rings. The highest BCUT2D eigenvalue weighted by atomic mass is 16.5. The van der Waals surface area contributed by atoms with Gasteiger partial charge in [0.2, 0.25) is 0 Å². The lowest BCUT2D eigenvalue weighted by atomic mass is 9.99. The summed E-state index contributed by atoms with van der Waals surface area (Å²) in [4.78, 5) is 14.0. The third-order valence-electron chi connectivity index (χ3n) is 4.69. The van der Waals surface area contributed by atoms with Gasteiger partial charge < -0.3 is 9.84 Å². The smallest absolute Gasteiger partial charge is 0.324 e. The molecule has 1 saturated heterocycles. The van der Waals surface area contributed by atoms with Gasteiger partial charge in [-0.25, -0.2) is 0 Å². The van der Waals surface area contributed by atoms with Gasteiger partial charge >= 0.3 is 5.97 Å². The molecule has 0 radical (unpaired) electrons. The van der Waals surface area contributed by atoms with Gasteiger partial charge in [-0.3, -0.25) is 15.0 Å². The summed E-state index contributed by atoms with van der Waals surface area (Å²) < 4.78 is 5.79. The van der Waals surface area contributed by atoms with Gasteiger partial charge in [-0.2, -0.15) is 0 Å². The van der Waals surface area contributed by atoms with E-state index in [0.717, 1.165) is 38.8 Å². The molecule has 5 nitrogen and oxygen atoms in total. The van der Waals surface area contributed by atoms with Crippen molar-refractivity contribution in [1.29, 1.82) is 0 Å². The van der Waals surface area contributed by atoms with Crippen LogP contribution in [0.1, 0.15) is 39.0 Å². The lowest BCUT2D eigenvalue weighted by molar-refractivity contribution is -0.147. The van der Waals surface area contributed by atoms with Crippen molar-refractivity contribution in [1.82, 2.24) is 10.2 Å². The van der Waals surface area contributed by atoms with Gasteiger partial charge in [-0.1, -0.05) is 0 Å². The quantitative estimate of drug-likeness (QED) is 0.773. The van der Waals surface area contributed by atoms with Crippen LogP contribution in [0.15, 0.2) is 0 Å². The second kappa shape index (κ2) is 5.04. The summed E-state index contributed by atoms with van der Waals surface area (Å²) in [5, 5.41) is 12.9. The monoisotopic (exact) mass is 268 g/mol. The van der Waals surface area contributed by atoms with Crippen LogP contribution in [0.5, 0.6) is 0 Å². The first kappa shape index (κ1) is 13.3. The third-order valence-corrected chi connectivity index (χ3v) is 4.69. The molecular weight excluding hydrogens is 244 g/mol. The number of nitrogens with one attached hydrogen (secondary N) is 1. The second-order valence-electron chi connectivity index (χ2n) is 6.43. The molecule has 1 aliphatic heterocycles. The molecule has 3 atom stereocenters. The van der Waals surface area contributed by atoms with Crippen LogP contribution in [-0.4, -0.2) is 59.4 Å². The summed E-state index contributed by atoms with van der Waals surface area (Å²) in [5.41, 5.74) is -0.828. The Labute approximate surface area is 114 Å². The van der Waals surface area contributed by atoms with Crippen molar-refractivity contribution in [2.24, 2.45) is 0 Å². The van der Waals surface area contributed by atoms with E-state index in [9.17, 15) is 9.90 Å².